The number of rotatable bonds is 6. The molecule has 2 aliphatic carbocycles. The second kappa shape index (κ2) is 14.1. The normalized spacial score (nSPS) is 29.4. The number of sulfonamides is 1. The fourth-order valence-electron chi connectivity index (χ4n) is 7.33. The van der Waals surface area contributed by atoms with Crippen molar-refractivity contribution in [3.05, 3.63) is 41.0 Å². The maximum Gasteiger partial charge on any atom is 0.410 e. The first kappa shape index (κ1) is 36.6. The van der Waals surface area contributed by atoms with E-state index in [0.717, 1.165) is 29.5 Å². The highest BCUT2D eigenvalue weighted by Crippen LogP contribution is 2.47. The zero-order valence-corrected chi connectivity index (χ0v) is 30.6. The highest BCUT2D eigenvalue weighted by molar-refractivity contribution is 7.91. The topological polar surface area (TPSA) is 181 Å². The Hall–Kier alpha value is -4.14. The molecule has 3 N–H and O–H groups in total. The monoisotopic (exact) mass is 727 g/mol. The molecular weight excluding hydrogens is 678 g/mol. The average molecular weight is 728 g/mol. The van der Waals surface area contributed by atoms with Crippen LogP contribution in [0.5, 0.6) is 0 Å². The Kier molecular flexibility index (Phi) is 10.1. The van der Waals surface area contributed by atoms with Gasteiger partial charge in [-0.2, -0.15) is 0 Å². The standard InChI is InChI=1S/C36H49N5O9S/c1-5-24-18-36(24,32(44)39-51(47,48)26-14-15-26)38-30(42)28-17-25-20-41(28)31(43)29(35(2,3)4)37-33(45)49-16-9-7-6-8-11-22-12-10-13-23-19-40(21-27(22)23)34(46)50-25/h8,10-13,24-26,28-29H,5-7,9,14-21H2,1-4H3,(H,37,45)(H,38,42)(H,39,44)/b11-8-/t24-,25-,28+,29-,36-/m1/s1. The lowest BCUT2D eigenvalue weighted by molar-refractivity contribution is -0.143. The molecule has 3 aliphatic heterocycles. The Balaban J connectivity index is 1.27. The van der Waals surface area contributed by atoms with Gasteiger partial charge in [0.05, 0.1) is 24.9 Å². The van der Waals surface area contributed by atoms with Gasteiger partial charge in [-0.15, -0.1) is 0 Å². The number of allylic oxidation sites excluding steroid dienone is 1. The van der Waals surface area contributed by atoms with Crippen LogP contribution in [0, 0.1) is 11.3 Å². The van der Waals surface area contributed by atoms with E-state index < -0.39 is 74.3 Å². The summed E-state index contributed by atoms with van der Waals surface area (Å²) in [5.74, 6) is -2.34. The number of hydrogen-bond acceptors (Lipinski definition) is 9. The Morgan fingerprint density at radius 1 is 1.10 bits per heavy atom. The third kappa shape index (κ3) is 7.87. The molecule has 4 bridgehead atoms. The van der Waals surface area contributed by atoms with E-state index in [2.05, 4.69) is 21.4 Å². The van der Waals surface area contributed by atoms with Crippen molar-refractivity contribution < 1.29 is 41.9 Å². The fourth-order valence-corrected chi connectivity index (χ4v) is 8.70. The van der Waals surface area contributed by atoms with Crippen LogP contribution in [0.25, 0.3) is 6.08 Å². The van der Waals surface area contributed by atoms with Crippen molar-refractivity contribution in [1.82, 2.24) is 25.2 Å². The summed E-state index contributed by atoms with van der Waals surface area (Å²) in [6, 6.07) is 3.63. The van der Waals surface area contributed by atoms with Crippen molar-refractivity contribution in [2.45, 2.75) is 121 Å². The van der Waals surface area contributed by atoms with Gasteiger partial charge in [0.25, 0.3) is 5.91 Å². The number of cyclic esters (lactones) is 1. The minimum atomic E-state index is -3.87. The summed E-state index contributed by atoms with van der Waals surface area (Å²) in [4.78, 5) is 71.4. The molecule has 5 aliphatic rings. The summed E-state index contributed by atoms with van der Waals surface area (Å²) < 4.78 is 38.9. The van der Waals surface area contributed by atoms with Crippen molar-refractivity contribution >= 4 is 46.0 Å². The molecule has 51 heavy (non-hydrogen) atoms. The van der Waals surface area contributed by atoms with Gasteiger partial charge in [0.1, 0.15) is 23.7 Å². The van der Waals surface area contributed by atoms with Gasteiger partial charge in [-0.25, -0.2) is 18.0 Å². The average Bonchev–Trinajstić information content (AvgIpc) is 3.96. The molecule has 5 atom stereocenters. The number of amides is 5. The van der Waals surface area contributed by atoms with Crippen molar-refractivity contribution in [3.8, 4) is 0 Å². The van der Waals surface area contributed by atoms with E-state index in [-0.39, 0.29) is 31.9 Å². The predicted octanol–water partition coefficient (Wildman–Crippen LogP) is 3.34. The van der Waals surface area contributed by atoms with Crippen LogP contribution in [0.3, 0.4) is 0 Å². The maximum atomic E-state index is 14.4. The number of ether oxygens (including phenoxy) is 2. The predicted molar refractivity (Wildman–Crippen MR) is 186 cm³/mol. The molecule has 5 amide bonds. The van der Waals surface area contributed by atoms with Gasteiger partial charge in [-0.05, 0) is 66.5 Å². The second-order valence-electron chi connectivity index (χ2n) is 15.5. The first-order valence-corrected chi connectivity index (χ1v) is 19.5. The first-order chi connectivity index (χ1) is 24.1. The zero-order valence-electron chi connectivity index (χ0n) is 29.7. The van der Waals surface area contributed by atoms with Crippen molar-refractivity contribution in [2.24, 2.45) is 11.3 Å². The van der Waals surface area contributed by atoms with Crippen LogP contribution in [-0.2, 0) is 47.0 Å². The first-order valence-electron chi connectivity index (χ1n) is 18.0. The summed E-state index contributed by atoms with van der Waals surface area (Å²) >= 11 is 0. The van der Waals surface area contributed by atoms with Gasteiger partial charge < -0.3 is 25.0 Å². The molecule has 15 heteroatoms. The van der Waals surface area contributed by atoms with Gasteiger partial charge >= 0.3 is 12.2 Å². The molecule has 1 aromatic carbocycles. The molecule has 0 aromatic heterocycles. The lowest BCUT2D eigenvalue weighted by atomic mass is 9.85. The van der Waals surface area contributed by atoms with E-state index in [0.29, 0.717) is 38.8 Å². The summed E-state index contributed by atoms with van der Waals surface area (Å²) in [6.45, 7) is 7.90. The molecule has 0 unspecified atom stereocenters. The van der Waals surface area contributed by atoms with Crippen LogP contribution in [0.2, 0.25) is 0 Å². The van der Waals surface area contributed by atoms with Gasteiger partial charge in [0.2, 0.25) is 21.8 Å². The van der Waals surface area contributed by atoms with E-state index >= 15 is 0 Å². The summed E-state index contributed by atoms with van der Waals surface area (Å²) in [7, 11) is -3.87. The highest BCUT2D eigenvalue weighted by Gasteiger charge is 2.62. The number of carbonyl (C=O) groups excluding carboxylic acids is 5. The van der Waals surface area contributed by atoms with Gasteiger partial charge in [0, 0.05) is 13.0 Å². The molecule has 3 fully saturated rings. The van der Waals surface area contributed by atoms with E-state index in [1.165, 1.54) is 4.90 Å². The number of carbonyl (C=O) groups is 5. The lowest BCUT2D eigenvalue weighted by Gasteiger charge is -2.35. The summed E-state index contributed by atoms with van der Waals surface area (Å²) in [6.07, 6.45) is 5.65. The third-order valence-corrected chi connectivity index (χ3v) is 12.4. The van der Waals surface area contributed by atoms with E-state index in [9.17, 15) is 32.4 Å². The van der Waals surface area contributed by atoms with Gasteiger partial charge in [-0.1, -0.05) is 64.5 Å². The highest BCUT2D eigenvalue weighted by atomic mass is 32.2. The zero-order chi connectivity index (χ0) is 36.7. The largest absolute Gasteiger partial charge is 0.450 e. The van der Waals surface area contributed by atoms with Crippen LogP contribution >= 0.6 is 0 Å². The van der Waals surface area contributed by atoms with Crippen molar-refractivity contribution in [2.75, 3.05) is 13.2 Å². The molecule has 3 heterocycles. The molecule has 14 nitrogen and oxygen atoms in total. The van der Waals surface area contributed by atoms with Crippen LogP contribution in [0.1, 0.15) is 95.8 Å². The van der Waals surface area contributed by atoms with Gasteiger partial charge in [-0.3, -0.25) is 24.0 Å². The molecule has 1 saturated heterocycles. The van der Waals surface area contributed by atoms with Crippen LogP contribution in [-0.4, -0.2) is 90.3 Å². The summed E-state index contributed by atoms with van der Waals surface area (Å²) in [5.41, 5.74) is 0.766. The minimum absolute atomic E-state index is 0.0612. The smallest absolute Gasteiger partial charge is 0.410 e. The van der Waals surface area contributed by atoms with Crippen molar-refractivity contribution in [3.63, 3.8) is 0 Å². The maximum absolute atomic E-state index is 14.4. The van der Waals surface area contributed by atoms with E-state index in [1.807, 2.05) is 31.2 Å². The number of nitrogens with zero attached hydrogens (tertiary/aromatic N) is 2. The quantitative estimate of drug-likeness (QED) is 0.396. The second-order valence-corrected chi connectivity index (χ2v) is 17.5. The number of nitrogens with one attached hydrogen (secondary N) is 3. The van der Waals surface area contributed by atoms with Crippen LogP contribution < -0.4 is 15.4 Å². The number of alkyl carbamates (subject to hydrolysis) is 1. The van der Waals surface area contributed by atoms with Crippen LogP contribution in [0.4, 0.5) is 9.59 Å². The molecule has 2 saturated carbocycles. The van der Waals surface area contributed by atoms with Crippen LogP contribution in [0.15, 0.2) is 24.3 Å². The molecule has 0 spiro atoms. The Morgan fingerprint density at radius 2 is 1.86 bits per heavy atom. The number of fused-ring (bicyclic) bond motifs is 3. The minimum Gasteiger partial charge on any atom is -0.450 e. The molecule has 278 valence electrons. The van der Waals surface area contributed by atoms with Gasteiger partial charge in [0.15, 0.2) is 0 Å². The molecule has 0 radical (unpaired) electrons. The number of benzene rings is 1. The van der Waals surface area contributed by atoms with E-state index in [4.69, 9.17) is 9.47 Å². The molecular formula is C36H49N5O9S. The Morgan fingerprint density at radius 3 is 2.55 bits per heavy atom. The Bertz CT molecular complexity index is 1720. The summed E-state index contributed by atoms with van der Waals surface area (Å²) in [5, 5.41) is 4.88. The SMILES string of the molecule is CC[C@@H]1C[C@]1(NC(=O)[C@@H]1C[C@@H]2CN1C(=O)[C@H](C(C)(C)C)NC(=O)OCCCC/C=C\c1cccc3c1CN(C3)C(=O)O2)C(=O)NS(=O)(=O)C1CC1. The fraction of sp³-hybridized carbons (Fsp3) is 0.639. The molecule has 1 aromatic rings. The molecule has 6 rings (SSSR count). The van der Waals surface area contributed by atoms with Crippen molar-refractivity contribution in [1.29, 1.82) is 0 Å². The third-order valence-electron chi connectivity index (χ3n) is 10.6. The Labute approximate surface area is 299 Å². The van der Waals surface area contributed by atoms with E-state index in [1.54, 1.807) is 25.7 Å². The number of hydrogen-bond donors (Lipinski definition) is 3. The lowest BCUT2D eigenvalue weighted by Crippen LogP contribution is -2.60.